The maximum Gasteiger partial charge on any atom is 0.255 e. The van der Waals surface area contributed by atoms with Crippen molar-refractivity contribution in [1.82, 2.24) is 14.5 Å². The van der Waals surface area contributed by atoms with E-state index in [1.54, 1.807) is 37.6 Å². The van der Waals surface area contributed by atoms with Crippen molar-refractivity contribution < 1.29 is 13.2 Å². The van der Waals surface area contributed by atoms with Gasteiger partial charge in [0.2, 0.25) is 16.0 Å². The minimum absolute atomic E-state index is 0.154. The fourth-order valence-electron chi connectivity index (χ4n) is 3.53. The van der Waals surface area contributed by atoms with E-state index in [0.717, 1.165) is 17.4 Å². The number of anilines is 2. The Balaban J connectivity index is 1.63. The zero-order valence-corrected chi connectivity index (χ0v) is 18.0. The van der Waals surface area contributed by atoms with E-state index in [-0.39, 0.29) is 11.7 Å². The van der Waals surface area contributed by atoms with Crippen molar-refractivity contribution in [2.24, 2.45) is 7.05 Å². The van der Waals surface area contributed by atoms with Crippen molar-refractivity contribution in [2.45, 2.75) is 6.10 Å². The molecule has 0 saturated carbocycles. The zero-order valence-electron chi connectivity index (χ0n) is 17.2. The Kier molecular flexibility index (Phi) is 5.75. The summed E-state index contributed by atoms with van der Waals surface area (Å²) < 4.78 is 33.0. The van der Waals surface area contributed by atoms with Crippen LogP contribution in [0.15, 0.2) is 59.7 Å². The van der Waals surface area contributed by atoms with E-state index in [4.69, 9.17) is 9.72 Å². The molecule has 0 spiro atoms. The van der Waals surface area contributed by atoms with Crippen LogP contribution < -0.4 is 15.2 Å². The van der Waals surface area contributed by atoms with Crippen LogP contribution in [0.4, 0.5) is 11.6 Å². The van der Waals surface area contributed by atoms with Gasteiger partial charge in [-0.1, -0.05) is 12.1 Å². The second-order valence-electron chi connectivity index (χ2n) is 7.38. The Morgan fingerprint density at radius 3 is 2.68 bits per heavy atom. The zero-order chi connectivity index (χ0) is 22.0. The molecule has 0 unspecified atom stereocenters. The first kappa shape index (κ1) is 21.0. The number of pyridine rings is 1. The van der Waals surface area contributed by atoms with Gasteiger partial charge in [0.05, 0.1) is 25.1 Å². The molecule has 1 saturated heterocycles. The maximum absolute atomic E-state index is 12.6. The molecule has 0 radical (unpaired) electrons. The number of hydrogen-bond donors (Lipinski definition) is 1. The van der Waals surface area contributed by atoms with Crippen LogP contribution in [0, 0.1) is 0 Å². The molecule has 31 heavy (non-hydrogen) atoms. The van der Waals surface area contributed by atoms with Crippen molar-refractivity contribution >= 4 is 21.7 Å². The highest BCUT2D eigenvalue weighted by Crippen LogP contribution is 2.27. The van der Waals surface area contributed by atoms with Gasteiger partial charge in [0.25, 0.3) is 5.56 Å². The van der Waals surface area contributed by atoms with Gasteiger partial charge in [-0.15, -0.1) is 0 Å². The van der Waals surface area contributed by atoms with Crippen molar-refractivity contribution in [1.29, 1.82) is 0 Å². The Bertz CT molecular complexity index is 1240. The lowest BCUT2D eigenvalue weighted by Crippen LogP contribution is -2.41. The first-order valence-corrected chi connectivity index (χ1v) is 11.6. The highest BCUT2D eigenvalue weighted by atomic mass is 32.2. The number of ether oxygens (including phenoxy) is 1. The van der Waals surface area contributed by atoms with Gasteiger partial charge in [0, 0.05) is 43.3 Å². The smallest absolute Gasteiger partial charge is 0.255 e. The topological polar surface area (TPSA) is 106 Å². The molecule has 2 aromatic heterocycles. The highest BCUT2D eigenvalue weighted by molar-refractivity contribution is 7.92. The average molecular weight is 442 g/mol. The number of nitrogens with one attached hydrogen (secondary N) is 1. The summed E-state index contributed by atoms with van der Waals surface area (Å²) in [5, 5.41) is 0. The summed E-state index contributed by atoms with van der Waals surface area (Å²) in [4.78, 5) is 23.4. The second kappa shape index (κ2) is 8.48. The predicted molar refractivity (Wildman–Crippen MR) is 119 cm³/mol. The minimum atomic E-state index is -3.37. The van der Waals surface area contributed by atoms with Crippen LogP contribution in [0.2, 0.25) is 0 Å². The van der Waals surface area contributed by atoms with Crippen molar-refractivity contribution in [3.63, 3.8) is 0 Å². The molecule has 1 fully saturated rings. The molecule has 4 rings (SSSR count). The lowest BCUT2D eigenvalue weighted by Gasteiger charge is -2.34. The Morgan fingerprint density at radius 2 is 1.94 bits per heavy atom. The molecule has 3 heterocycles. The molecule has 0 aliphatic carbocycles. The fraction of sp³-hybridized carbons (Fsp3) is 0.286. The molecule has 1 N–H and O–H groups in total. The number of rotatable bonds is 5. The van der Waals surface area contributed by atoms with Gasteiger partial charge in [-0.2, -0.15) is 0 Å². The summed E-state index contributed by atoms with van der Waals surface area (Å²) >= 11 is 0. The van der Waals surface area contributed by atoms with Gasteiger partial charge in [-0.3, -0.25) is 19.1 Å². The third kappa shape index (κ3) is 4.92. The number of benzene rings is 1. The Morgan fingerprint density at radius 1 is 1.16 bits per heavy atom. The van der Waals surface area contributed by atoms with Crippen LogP contribution in [0.3, 0.4) is 0 Å². The average Bonchev–Trinajstić information content (AvgIpc) is 2.75. The molecule has 9 nitrogen and oxygen atoms in total. The van der Waals surface area contributed by atoms with Gasteiger partial charge in [-0.05, 0) is 29.8 Å². The number of nitrogens with zero attached hydrogens (tertiary/aromatic N) is 4. The third-order valence-corrected chi connectivity index (χ3v) is 5.60. The molecule has 1 aliphatic rings. The Hall–Kier alpha value is -3.24. The number of hydrogen-bond acceptors (Lipinski definition) is 7. The predicted octanol–water partition coefficient (Wildman–Crippen LogP) is 1.79. The normalized spacial score (nSPS) is 16.8. The SMILES string of the molecule is Cn1c(N2CCO[C@@H](c3cccc(NS(C)(=O)=O)c3)C2)nc(-c2ccncc2)cc1=O. The second-order valence-corrected chi connectivity index (χ2v) is 9.13. The molecular weight excluding hydrogens is 418 g/mol. The van der Waals surface area contributed by atoms with E-state index in [0.29, 0.717) is 37.0 Å². The fourth-order valence-corrected chi connectivity index (χ4v) is 4.08. The summed E-state index contributed by atoms with van der Waals surface area (Å²) in [6.45, 7) is 1.50. The van der Waals surface area contributed by atoms with Crippen LogP contribution in [0.25, 0.3) is 11.3 Å². The Labute approximate surface area is 180 Å². The maximum atomic E-state index is 12.6. The van der Waals surface area contributed by atoms with E-state index >= 15 is 0 Å². The molecule has 10 heteroatoms. The standard InChI is InChI=1S/C21H23N5O4S/c1-25-20(27)13-18(15-6-8-22-9-7-15)23-21(25)26-10-11-30-19(14-26)16-4-3-5-17(12-16)24-31(2,28)29/h3-9,12-13,19,24H,10-11,14H2,1-2H3/t19-/m1/s1. The number of morpholine rings is 1. The number of aromatic nitrogens is 3. The lowest BCUT2D eigenvalue weighted by molar-refractivity contribution is 0.0390. The molecule has 1 aliphatic heterocycles. The van der Waals surface area contributed by atoms with E-state index in [9.17, 15) is 13.2 Å². The van der Waals surface area contributed by atoms with Gasteiger partial charge >= 0.3 is 0 Å². The summed E-state index contributed by atoms with van der Waals surface area (Å²) in [6.07, 6.45) is 4.14. The van der Waals surface area contributed by atoms with E-state index in [1.165, 1.54) is 10.6 Å². The van der Waals surface area contributed by atoms with Gasteiger partial charge < -0.3 is 9.64 Å². The summed E-state index contributed by atoms with van der Waals surface area (Å²) in [6, 6.07) is 12.3. The van der Waals surface area contributed by atoms with Crippen LogP contribution in [-0.4, -0.2) is 48.9 Å². The van der Waals surface area contributed by atoms with E-state index < -0.39 is 10.0 Å². The lowest BCUT2D eigenvalue weighted by atomic mass is 10.1. The van der Waals surface area contributed by atoms with Crippen molar-refractivity contribution in [3.8, 4) is 11.3 Å². The monoisotopic (exact) mass is 441 g/mol. The van der Waals surface area contributed by atoms with Crippen LogP contribution in [0.5, 0.6) is 0 Å². The van der Waals surface area contributed by atoms with Crippen LogP contribution in [0.1, 0.15) is 11.7 Å². The molecule has 0 bridgehead atoms. The minimum Gasteiger partial charge on any atom is -0.370 e. The summed E-state index contributed by atoms with van der Waals surface area (Å²) in [7, 11) is -1.68. The van der Waals surface area contributed by atoms with Crippen molar-refractivity contribution in [2.75, 3.05) is 35.6 Å². The number of sulfonamides is 1. The van der Waals surface area contributed by atoms with Crippen molar-refractivity contribution in [3.05, 3.63) is 70.8 Å². The summed E-state index contributed by atoms with van der Waals surface area (Å²) in [5.41, 5.74) is 2.57. The third-order valence-electron chi connectivity index (χ3n) is 5.00. The van der Waals surface area contributed by atoms with Crippen LogP contribution in [-0.2, 0) is 21.8 Å². The molecule has 3 aromatic rings. The van der Waals surface area contributed by atoms with E-state index in [2.05, 4.69) is 9.71 Å². The summed E-state index contributed by atoms with van der Waals surface area (Å²) in [5.74, 6) is 0.554. The first-order valence-electron chi connectivity index (χ1n) is 9.73. The van der Waals surface area contributed by atoms with Crippen LogP contribution >= 0.6 is 0 Å². The van der Waals surface area contributed by atoms with Gasteiger partial charge in [0.1, 0.15) is 6.10 Å². The first-order chi connectivity index (χ1) is 14.8. The largest absolute Gasteiger partial charge is 0.370 e. The van der Waals surface area contributed by atoms with Gasteiger partial charge in [-0.25, -0.2) is 13.4 Å². The molecule has 1 aromatic carbocycles. The highest BCUT2D eigenvalue weighted by Gasteiger charge is 2.25. The van der Waals surface area contributed by atoms with Gasteiger partial charge in [0.15, 0.2) is 0 Å². The molecule has 1 atom stereocenters. The molecule has 162 valence electrons. The quantitative estimate of drug-likeness (QED) is 0.643. The van der Waals surface area contributed by atoms with E-state index in [1.807, 2.05) is 23.1 Å². The molecule has 0 amide bonds. The molecular formula is C21H23N5O4S.